The molecule has 1 aliphatic carbocycles. The van der Waals surface area contributed by atoms with Gasteiger partial charge in [0.25, 0.3) is 0 Å². The van der Waals surface area contributed by atoms with Crippen molar-refractivity contribution in [3.63, 3.8) is 0 Å². The second-order valence-corrected chi connectivity index (χ2v) is 5.99. The molecule has 4 unspecified atom stereocenters. The molecule has 0 bridgehead atoms. The van der Waals surface area contributed by atoms with Gasteiger partial charge in [-0.3, -0.25) is 4.90 Å². The molecule has 0 aromatic heterocycles. The molecule has 2 heteroatoms. The fourth-order valence-electron chi connectivity index (χ4n) is 3.89. The van der Waals surface area contributed by atoms with Gasteiger partial charge in [-0.2, -0.15) is 0 Å². The predicted octanol–water partition coefficient (Wildman–Crippen LogP) is 1.86. The Bertz CT molecular complexity index is 215. The summed E-state index contributed by atoms with van der Waals surface area (Å²) >= 11 is 0. The first kappa shape index (κ1) is 10.1. The van der Waals surface area contributed by atoms with Crippen LogP contribution in [-0.4, -0.2) is 36.6 Å². The summed E-state index contributed by atoms with van der Waals surface area (Å²) in [5, 5.41) is 3.70. The van der Waals surface area contributed by atoms with Crippen molar-refractivity contribution in [2.45, 2.75) is 51.1 Å². The average Bonchev–Trinajstić information content (AvgIpc) is 2.82. The van der Waals surface area contributed by atoms with Gasteiger partial charge in [-0.05, 0) is 50.5 Å². The van der Waals surface area contributed by atoms with Crippen LogP contribution in [0.4, 0.5) is 0 Å². The molecule has 2 aliphatic heterocycles. The summed E-state index contributed by atoms with van der Waals surface area (Å²) in [5.74, 6) is 1.94. The lowest BCUT2D eigenvalue weighted by atomic mass is 9.94. The molecule has 3 rings (SSSR count). The standard InChI is InChI=1S/C13H24N2/c1-10-4-5-12(7-10)15-8-11-3-2-6-14-13(11)9-15/h10-14H,2-9H2,1H3. The number of piperidine rings is 1. The van der Waals surface area contributed by atoms with Crippen LogP contribution in [0, 0.1) is 11.8 Å². The normalized spacial score (nSPS) is 47.0. The van der Waals surface area contributed by atoms with Gasteiger partial charge in [0.05, 0.1) is 0 Å². The topological polar surface area (TPSA) is 15.3 Å². The summed E-state index contributed by atoms with van der Waals surface area (Å²) in [6.07, 6.45) is 7.25. The van der Waals surface area contributed by atoms with Crippen molar-refractivity contribution in [3.8, 4) is 0 Å². The van der Waals surface area contributed by atoms with Crippen LogP contribution in [-0.2, 0) is 0 Å². The Kier molecular flexibility index (Phi) is 2.73. The first-order valence-electron chi connectivity index (χ1n) is 6.80. The van der Waals surface area contributed by atoms with Crippen molar-refractivity contribution in [1.82, 2.24) is 10.2 Å². The van der Waals surface area contributed by atoms with Crippen molar-refractivity contribution in [3.05, 3.63) is 0 Å². The highest BCUT2D eigenvalue weighted by atomic mass is 15.2. The minimum absolute atomic E-state index is 0.828. The molecule has 3 aliphatic rings. The van der Waals surface area contributed by atoms with Crippen LogP contribution < -0.4 is 5.32 Å². The van der Waals surface area contributed by atoms with Gasteiger partial charge in [-0.25, -0.2) is 0 Å². The summed E-state index contributed by atoms with van der Waals surface area (Å²) < 4.78 is 0. The molecule has 4 atom stereocenters. The molecule has 1 saturated carbocycles. The third-order valence-electron chi connectivity index (χ3n) is 4.81. The van der Waals surface area contributed by atoms with Gasteiger partial charge in [0.15, 0.2) is 0 Å². The molecule has 0 aromatic rings. The van der Waals surface area contributed by atoms with Crippen LogP contribution in [0.5, 0.6) is 0 Å². The average molecular weight is 208 g/mol. The summed E-state index contributed by atoms with van der Waals surface area (Å²) in [7, 11) is 0. The quantitative estimate of drug-likeness (QED) is 0.707. The van der Waals surface area contributed by atoms with Crippen LogP contribution in [0.2, 0.25) is 0 Å². The van der Waals surface area contributed by atoms with E-state index in [0.29, 0.717) is 0 Å². The lowest BCUT2D eigenvalue weighted by molar-refractivity contribution is 0.231. The van der Waals surface area contributed by atoms with Crippen LogP contribution in [0.15, 0.2) is 0 Å². The third-order valence-corrected chi connectivity index (χ3v) is 4.81. The largest absolute Gasteiger partial charge is 0.312 e. The van der Waals surface area contributed by atoms with E-state index in [1.54, 1.807) is 0 Å². The molecule has 0 radical (unpaired) electrons. The van der Waals surface area contributed by atoms with Crippen molar-refractivity contribution in [1.29, 1.82) is 0 Å². The molecule has 0 aromatic carbocycles. The van der Waals surface area contributed by atoms with E-state index in [0.717, 1.165) is 23.9 Å². The molecule has 86 valence electrons. The number of nitrogens with one attached hydrogen (secondary N) is 1. The Morgan fingerprint density at radius 2 is 2.07 bits per heavy atom. The van der Waals surface area contributed by atoms with Crippen molar-refractivity contribution in [2.75, 3.05) is 19.6 Å². The van der Waals surface area contributed by atoms with E-state index in [-0.39, 0.29) is 0 Å². The van der Waals surface area contributed by atoms with Crippen LogP contribution in [0.1, 0.15) is 39.0 Å². The highest BCUT2D eigenvalue weighted by Gasteiger charge is 2.38. The predicted molar refractivity (Wildman–Crippen MR) is 62.9 cm³/mol. The highest BCUT2D eigenvalue weighted by Crippen LogP contribution is 2.34. The Hall–Kier alpha value is -0.0800. The van der Waals surface area contributed by atoms with Crippen molar-refractivity contribution >= 4 is 0 Å². The summed E-state index contributed by atoms with van der Waals surface area (Å²) in [5.41, 5.74) is 0. The zero-order chi connectivity index (χ0) is 10.3. The Labute approximate surface area is 93.4 Å². The molecular weight excluding hydrogens is 184 g/mol. The van der Waals surface area contributed by atoms with Gasteiger partial charge < -0.3 is 5.32 Å². The summed E-state index contributed by atoms with van der Waals surface area (Å²) in [6, 6.07) is 1.75. The number of nitrogens with zero attached hydrogens (tertiary/aromatic N) is 1. The molecule has 0 amide bonds. The maximum absolute atomic E-state index is 3.70. The van der Waals surface area contributed by atoms with Crippen LogP contribution in [0.3, 0.4) is 0 Å². The van der Waals surface area contributed by atoms with Gasteiger partial charge in [-0.15, -0.1) is 0 Å². The molecule has 2 heterocycles. The highest BCUT2D eigenvalue weighted by molar-refractivity contribution is 4.95. The number of likely N-dealkylation sites (tertiary alicyclic amines) is 1. The zero-order valence-corrected chi connectivity index (χ0v) is 9.91. The second-order valence-electron chi connectivity index (χ2n) is 5.99. The van der Waals surface area contributed by atoms with Crippen molar-refractivity contribution in [2.24, 2.45) is 11.8 Å². The lowest BCUT2D eigenvalue weighted by Gasteiger charge is -2.25. The molecule has 0 spiro atoms. The van der Waals surface area contributed by atoms with Gasteiger partial charge in [0.2, 0.25) is 0 Å². The number of hydrogen-bond acceptors (Lipinski definition) is 2. The molecule has 2 saturated heterocycles. The maximum Gasteiger partial charge on any atom is 0.0235 e. The number of rotatable bonds is 1. The second kappa shape index (κ2) is 4.06. The van der Waals surface area contributed by atoms with E-state index in [9.17, 15) is 0 Å². The van der Waals surface area contributed by atoms with Crippen LogP contribution in [0.25, 0.3) is 0 Å². The van der Waals surface area contributed by atoms with E-state index in [1.807, 2.05) is 0 Å². The fraction of sp³-hybridized carbons (Fsp3) is 1.00. The minimum Gasteiger partial charge on any atom is -0.312 e. The van der Waals surface area contributed by atoms with E-state index in [1.165, 1.54) is 51.7 Å². The molecule has 1 N–H and O–H groups in total. The molecular formula is C13H24N2. The fourth-order valence-corrected chi connectivity index (χ4v) is 3.89. The maximum atomic E-state index is 3.70. The summed E-state index contributed by atoms with van der Waals surface area (Å²) in [6.45, 7) is 6.40. The molecule has 3 fully saturated rings. The first-order valence-corrected chi connectivity index (χ1v) is 6.80. The van der Waals surface area contributed by atoms with Gasteiger partial charge in [0.1, 0.15) is 0 Å². The van der Waals surface area contributed by atoms with Crippen LogP contribution >= 0.6 is 0 Å². The van der Waals surface area contributed by atoms with E-state index in [2.05, 4.69) is 17.1 Å². The summed E-state index contributed by atoms with van der Waals surface area (Å²) in [4.78, 5) is 2.79. The number of fused-ring (bicyclic) bond motifs is 1. The molecule has 2 nitrogen and oxygen atoms in total. The smallest absolute Gasteiger partial charge is 0.0235 e. The zero-order valence-electron chi connectivity index (χ0n) is 9.91. The lowest BCUT2D eigenvalue weighted by Crippen LogP contribution is -2.41. The first-order chi connectivity index (χ1) is 7.33. The van der Waals surface area contributed by atoms with Crippen molar-refractivity contribution < 1.29 is 0 Å². The Morgan fingerprint density at radius 3 is 2.80 bits per heavy atom. The monoisotopic (exact) mass is 208 g/mol. The van der Waals surface area contributed by atoms with E-state index < -0.39 is 0 Å². The van der Waals surface area contributed by atoms with Gasteiger partial charge in [-0.1, -0.05) is 6.92 Å². The SMILES string of the molecule is CC1CCC(N2CC3CCCNC3C2)C1. The minimum atomic E-state index is 0.828. The van der Waals surface area contributed by atoms with Gasteiger partial charge in [0, 0.05) is 25.2 Å². The molecule has 15 heavy (non-hydrogen) atoms. The third kappa shape index (κ3) is 1.94. The van der Waals surface area contributed by atoms with Gasteiger partial charge >= 0.3 is 0 Å². The number of hydrogen-bond donors (Lipinski definition) is 1. The Balaban J connectivity index is 1.60. The Morgan fingerprint density at radius 1 is 1.13 bits per heavy atom. The van der Waals surface area contributed by atoms with E-state index >= 15 is 0 Å². The van der Waals surface area contributed by atoms with E-state index in [4.69, 9.17) is 0 Å².